The summed E-state index contributed by atoms with van der Waals surface area (Å²) >= 11 is 0. The summed E-state index contributed by atoms with van der Waals surface area (Å²) in [5, 5.41) is 6.90. The molecule has 0 spiro atoms. The predicted molar refractivity (Wildman–Crippen MR) is 101 cm³/mol. The molecule has 31 heavy (non-hydrogen) atoms. The molecule has 1 amide bonds. The van der Waals surface area contributed by atoms with Crippen LogP contribution in [0.4, 0.5) is 13.2 Å². The molecule has 2 atom stereocenters. The Balaban J connectivity index is 0.000000423. The van der Waals surface area contributed by atoms with Gasteiger partial charge in [-0.05, 0) is 25.5 Å². The molecule has 3 rings (SSSR count). The Kier molecular flexibility index (Phi) is 7.19. The van der Waals surface area contributed by atoms with E-state index in [9.17, 15) is 26.4 Å². The second kappa shape index (κ2) is 9.12. The van der Waals surface area contributed by atoms with E-state index in [1.165, 1.54) is 6.07 Å². The van der Waals surface area contributed by atoms with Gasteiger partial charge in [-0.25, -0.2) is 14.5 Å². The first-order valence-corrected chi connectivity index (χ1v) is 10.7. The van der Waals surface area contributed by atoms with Gasteiger partial charge in [0.1, 0.15) is 11.6 Å². The van der Waals surface area contributed by atoms with E-state index in [1.54, 1.807) is 6.07 Å². The lowest BCUT2D eigenvalue weighted by molar-refractivity contribution is -0.192. The average molecular weight is 465 g/mol. The van der Waals surface area contributed by atoms with Gasteiger partial charge in [-0.2, -0.15) is 21.6 Å². The van der Waals surface area contributed by atoms with E-state index in [0.29, 0.717) is 25.1 Å². The number of carbonyl (C=O) groups is 2. The number of nitrogens with one attached hydrogen (secondary N) is 1. The van der Waals surface area contributed by atoms with Gasteiger partial charge in [0, 0.05) is 25.1 Å². The van der Waals surface area contributed by atoms with Crippen LogP contribution in [0.2, 0.25) is 0 Å². The van der Waals surface area contributed by atoms with Crippen molar-refractivity contribution in [2.24, 2.45) is 5.92 Å². The summed E-state index contributed by atoms with van der Waals surface area (Å²) in [6, 6.07) is 2.97. The van der Waals surface area contributed by atoms with Crippen molar-refractivity contribution in [2.75, 3.05) is 0 Å². The number of carboxylic acids is 1. The summed E-state index contributed by atoms with van der Waals surface area (Å²) in [6.07, 6.45) is -2.04. The van der Waals surface area contributed by atoms with Crippen LogP contribution in [-0.4, -0.2) is 41.1 Å². The summed E-state index contributed by atoms with van der Waals surface area (Å²) < 4.78 is 65.7. The van der Waals surface area contributed by atoms with Gasteiger partial charge in [0.05, 0.1) is 11.6 Å². The molecule has 2 aromatic heterocycles. The number of fused-ring (bicyclic) bond motifs is 1. The molecular weight excluding hydrogens is 443 g/mol. The van der Waals surface area contributed by atoms with Crippen molar-refractivity contribution < 1.29 is 40.7 Å². The van der Waals surface area contributed by atoms with Gasteiger partial charge in [0.2, 0.25) is 11.0 Å². The number of aliphatic carboxylic acids is 1. The fourth-order valence-corrected chi connectivity index (χ4v) is 4.09. The van der Waals surface area contributed by atoms with Crippen molar-refractivity contribution in [3.63, 3.8) is 0 Å². The Morgan fingerprint density at radius 3 is 2.48 bits per heavy atom. The van der Waals surface area contributed by atoms with Crippen LogP contribution in [0, 0.1) is 12.8 Å². The maximum atomic E-state index is 12.5. The third-order valence-corrected chi connectivity index (χ3v) is 5.74. The van der Waals surface area contributed by atoms with E-state index in [2.05, 4.69) is 9.71 Å². The Labute approximate surface area is 176 Å². The first-order chi connectivity index (χ1) is 14.2. The quantitative estimate of drug-likeness (QED) is 0.709. The van der Waals surface area contributed by atoms with Crippen LogP contribution in [0.1, 0.15) is 43.5 Å². The first kappa shape index (κ1) is 24.4. The maximum absolute atomic E-state index is 12.5. The lowest BCUT2D eigenvalue weighted by Gasteiger charge is -2.27. The first-order valence-electron chi connectivity index (χ1n) is 9.23. The summed E-state index contributed by atoms with van der Waals surface area (Å²) in [5.41, 5.74) is 0.896. The fraction of sp³-hybridized carbons (Fsp3) is 0.500. The molecule has 0 fully saturated rings. The van der Waals surface area contributed by atoms with Gasteiger partial charge < -0.3 is 14.1 Å². The minimum Gasteiger partial charge on any atom is -0.475 e. The van der Waals surface area contributed by atoms with Crippen LogP contribution < -0.4 is 4.72 Å². The molecule has 13 heteroatoms. The molecule has 172 valence electrons. The van der Waals surface area contributed by atoms with Gasteiger partial charge in [0.15, 0.2) is 0 Å². The zero-order valence-electron chi connectivity index (χ0n) is 16.9. The van der Waals surface area contributed by atoms with Crippen molar-refractivity contribution in [1.29, 1.82) is 0 Å². The molecule has 3 heterocycles. The monoisotopic (exact) mass is 465 g/mol. The highest BCUT2D eigenvalue weighted by Crippen LogP contribution is 2.30. The number of alkyl halides is 3. The number of amides is 1. The summed E-state index contributed by atoms with van der Waals surface area (Å²) in [4.78, 5) is 25.8. The number of carbonyl (C=O) groups excluding carboxylic acids is 1. The number of aromatic nitrogens is 2. The zero-order chi connectivity index (χ0) is 23.6. The van der Waals surface area contributed by atoms with Crippen molar-refractivity contribution >= 4 is 21.9 Å². The molecular formula is C18H22F3N3O6S. The molecule has 0 unspecified atom stereocenters. The molecule has 2 N–H and O–H groups in total. The van der Waals surface area contributed by atoms with Crippen LogP contribution in [0.3, 0.4) is 0 Å². The second-order valence-electron chi connectivity index (χ2n) is 7.07. The molecule has 0 saturated carbocycles. The lowest BCUT2D eigenvalue weighted by Crippen LogP contribution is -2.39. The van der Waals surface area contributed by atoms with E-state index < -0.39 is 34.0 Å². The average Bonchev–Trinajstić information content (AvgIpc) is 3.27. The maximum Gasteiger partial charge on any atom is 0.490 e. The number of imidazole rings is 1. The minimum atomic E-state index is -5.08. The number of nitrogens with zero attached hydrogens (tertiary/aromatic N) is 2. The Bertz CT molecular complexity index is 1060. The standard InChI is InChI=1S/C16H21N3O4S.C2HF3O2/c1-4-13-5-6-14(23-13)24(21,22)18-16(20)12-7-10(2)15-17-11(3)8-19(15)9-12;3-2(4,5)1(6)7/h5-6,8,10,12H,4,7,9H2,1-3H3,(H,18,20);(H,6,7)/t10-,12+;/m0./s1. The van der Waals surface area contributed by atoms with Gasteiger partial charge in [-0.1, -0.05) is 13.8 Å². The summed E-state index contributed by atoms with van der Waals surface area (Å²) in [6.45, 7) is 6.19. The van der Waals surface area contributed by atoms with Gasteiger partial charge in [-0.15, -0.1) is 0 Å². The Morgan fingerprint density at radius 2 is 1.97 bits per heavy atom. The van der Waals surface area contributed by atoms with E-state index in [4.69, 9.17) is 14.3 Å². The molecule has 1 aliphatic rings. The SMILES string of the molecule is CCc1ccc(S(=O)(=O)NC(=O)[C@@H]2C[C@H](C)c3nc(C)cn3C2)o1.O=C(O)C(F)(F)F. The Hall–Kier alpha value is -2.83. The number of sulfonamides is 1. The number of halogens is 3. The van der Waals surface area contributed by atoms with E-state index >= 15 is 0 Å². The number of aryl methyl sites for hydroxylation is 2. The van der Waals surface area contributed by atoms with Gasteiger partial charge in [-0.3, -0.25) is 4.79 Å². The highest BCUT2D eigenvalue weighted by molar-refractivity contribution is 7.89. The number of rotatable bonds is 4. The Morgan fingerprint density at radius 1 is 1.35 bits per heavy atom. The van der Waals surface area contributed by atoms with Crippen LogP contribution in [0.25, 0.3) is 0 Å². The number of hydrogen-bond donors (Lipinski definition) is 2. The lowest BCUT2D eigenvalue weighted by atomic mass is 9.91. The van der Waals surface area contributed by atoms with Crippen LogP contribution in [0.5, 0.6) is 0 Å². The predicted octanol–water partition coefficient (Wildman–Crippen LogP) is 2.61. The number of furan rings is 1. The molecule has 0 aliphatic carbocycles. The summed E-state index contributed by atoms with van der Waals surface area (Å²) in [7, 11) is -3.98. The largest absolute Gasteiger partial charge is 0.490 e. The molecule has 9 nitrogen and oxygen atoms in total. The highest BCUT2D eigenvalue weighted by Gasteiger charge is 2.38. The van der Waals surface area contributed by atoms with Crippen molar-refractivity contribution in [2.45, 2.75) is 57.3 Å². The molecule has 0 bridgehead atoms. The zero-order valence-corrected chi connectivity index (χ0v) is 17.7. The number of carboxylic acid groups (broad SMARTS) is 1. The van der Waals surface area contributed by atoms with Crippen molar-refractivity contribution in [3.8, 4) is 0 Å². The summed E-state index contributed by atoms with van der Waals surface area (Å²) in [5.74, 6) is -2.08. The van der Waals surface area contributed by atoms with Crippen molar-refractivity contribution in [3.05, 3.63) is 35.6 Å². The smallest absolute Gasteiger partial charge is 0.475 e. The van der Waals surface area contributed by atoms with Gasteiger partial charge in [0.25, 0.3) is 10.0 Å². The van der Waals surface area contributed by atoms with E-state index in [0.717, 1.165) is 11.5 Å². The molecule has 1 aliphatic heterocycles. The highest BCUT2D eigenvalue weighted by atomic mass is 32.2. The van der Waals surface area contributed by atoms with Crippen LogP contribution in [0.15, 0.2) is 27.8 Å². The third kappa shape index (κ3) is 6.09. The van der Waals surface area contributed by atoms with Crippen LogP contribution in [-0.2, 0) is 32.6 Å². The van der Waals surface area contributed by atoms with E-state index in [-0.39, 0.29) is 11.0 Å². The van der Waals surface area contributed by atoms with E-state index in [1.807, 2.05) is 31.5 Å². The second-order valence-corrected chi connectivity index (χ2v) is 8.69. The van der Waals surface area contributed by atoms with Gasteiger partial charge >= 0.3 is 12.1 Å². The molecule has 2 aromatic rings. The molecule has 0 aromatic carbocycles. The molecule has 0 saturated heterocycles. The fourth-order valence-electron chi connectivity index (χ4n) is 3.10. The third-order valence-electron chi connectivity index (χ3n) is 4.52. The van der Waals surface area contributed by atoms with Crippen LogP contribution >= 0.6 is 0 Å². The molecule has 0 radical (unpaired) electrons. The normalized spacial score (nSPS) is 18.5. The van der Waals surface area contributed by atoms with Crippen molar-refractivity contribution in [1.82, 2.24) is 14.3 Å². The topological polar surface area (TPSA) is 132 Å². The minimum absolute atomic E-state index is 0.0983. The number of hydrogen-bond acceptors (Lipinski definition) is 6.